The predicted octanol–water partition coefficient (Wildman–Crippen LogP) is -0.527. The molecule has 1 aliphatic carbocycles. The normalized spacial score (nSPS) is 14.0. The Labute approximate surface area is 57.6 Å². The Morgan fingerprint density at radius 1 is 1.10 bits per heavy atom. The van der Waals surface area contributed by atoms with Crippen molar-refractivity contribution in [3.8, 4) is 12.1 Å². The monoisotopic (exact) mass is 132 g/mol. The maximum absolute atomic E-state index is 8.30. The Bertz CT molecular complexity index is 291. The summed E-state index contributed by atoms with van der Waals surface area (Å²) < 4.78 is 0. The van der Waals surface area contributed by atoms with Gasteiger partial charge in [0.25, 0.3) is 0 Å². The maximum Gasteiger partial charge on any atom is 0.141 e. The fourth-order valence-electron chi connectivity index (χ4n) is 0.623. The third kappa shape index (κ3) is 0.602. The third-order valence-corrected chi connectivity index (χ3v) is 1.24. The van der Waals surface area contributed by atoms with Crippen molar-refractivity contribution in [3.63, 3.8) is 0 Å². The van der Waals surface area contributed by atoms with Crippen LogP contribution in [0.3, 0.4) is 0 Å². The average molecular weight is 132 g/mol. The molecule has 0 saturated carbocycles. The summed E-state index contributed by atoms with van der Waals surface area (Å²) in [5.41, 5.74) is 11.7. The van der Waals surface area contributed by atoms with Crippen molar-refractivity contribution >= 4 is 0 Å². The second-order valence-corrected chi connectivity index (χ2v) is 1.80. The summed E-state index contributed by atoms with van der Waals surface area (Å²) in [6, 6.07) is 3.38. The van der Waals surface area contributed by atoms with Crippen molar-refractivity contribution in [1.29, 1.82) is 10.5 Å². The summed E-state index contributed by atoms with van der Waals surface area (Å²) in [6.45, 7) is 0. The van der Waals surface area contributed by atoms with Gasteiger partial charge in [0.2, 0.25) is 0 Å². The van der Waals surface area contributed by atoms with Crippen molar-refractivity contribution in [2.24, 2.45) is 11.5 Å². The van der Waals surface area contributed by atoms with Crippen molar-refractivity contribution in [2.45, 2.75) is 0 Å². The van der Waals surface area contributed by atoms with Crippen molar-refractivity contribution in [3.05, 3.63) is 22.5 Å². The van der Waals surface area contributed by atoms with E-state index < -0.39 is 0 Å². The summed E-state index contributed by atoms with van der Waals surface area (Å²) in [5.74, 6) is 0. The van der Waals surface area contributed by atoms with Crippen LogP contribution in [0.15, 0.2) is 22.5 Å². The number of nitrogens with two attached hydrogens (primary N) is 2. The molecule has 10 heavy (non-hydrogen) atoms. The molecule has 48 valence electrons. The Morgan fingerprint density at radius 2 is 1.50 bits per heavy atom. The highest BCUT2D eigenvalue weighted by Crippen LogP contribution is 2.31. The van der Waals surface area contributed by atoms with Gasteiger partial charge in [-0.15, -0.1) is 0 Å². The highest BCUT2D eigenvalue weighted by Gasteiger charge is 2.28. The molecule has 4 heteroatoms. The minimum atomic E-state index is -0.00463. The van der Waals surface area contributed by atoms with E-state index in [1.54, 1.807) is 12.1 Å². The smallest absolute Gasteiger partial charge is 0.141 e. The quantitative estimate of drug-likeness (QED) is 0.433. The predicted molar refractivity (Wildman–Crippen MR) is 33.7 cm³/mol. The highest BCUT2D eigenvalue weighted by molar-refractivity contribution is 5.70. The van der Waals surface area contributed by atoms with Crippen LogP contribution in [-0.4, -0.2) is 0 Å². The van der Waals surface area contributed by atoms with E-state index in [9.17, 15) is 0 Å². The lowest BCUT2D eigenvalue weighted by atomic mass is 10.2. The average Bonchev–Trinajstić information content (AvgIpc) is 2.49. The lowest BCUT2D eigenvalue weighted by Gasteiger charge is -1.76. The van der Waals surface area contributed by atoms with E-state index in [4.69, 9.17) is 22.0 Å². The van der Waals surface area contributed by atoms with Crippen LogP contribution in [0.4, 0.5) is 0 Å². The van der Waals surface area contributed by atoms with Gasteiger partial charge in [0, 0.05) is 0 Å². The second kappa shape index (κ2) is 1.78. The van der Waals surface area contributed by atoms with Crippen LogP contribution in [0.2, 0.25) is 0 Å². The summed E-state index contributed by atoms with van der Waals surface area (Å²) in [5, 5.41) is 16.6. The molecule has 0 unspecified atom stereocenters. The summed E-state index contributed by atoms with van der Waals surface area (Å²) in [4.78, 5) is 0. The number of allylic oxidation sites excluding steroid dienone is 3. The van der Waals surface area contributed by atoms with E-state index in [2.05, 4.69) is 0 Å². The molecule has 1 rings (SSSR count). The van der Waals surface area contributed by atoms with Crippen LogP contribution in [0.25, 0.3) is 0 Å². The first-order valence-corrected chi connectivity index (χ1v) is 2.52. The molecule has 0 atom stereocenters. The van der Waals surface area contributed by atoms with Gasteiger partial charge >= 0.3 is 0 Å². The van der Waals surface area contributed by atoms with Gasteiger partial charge in [-0.05, 0) is 0 Å². The van der Waals surface area contributed by atoms with Crippen LogP contribution in [0.1, 0.15) is 0 Å². The van der Waals surface area contributed by atoms with Gasteiger partial charge in [-0.25, -0.2) is 0 Å². The molecule has 0 bridgehead atoms. The molecule has 0 radical (unpaired) electrons. The second-order valence-electron chi connectivity index (χ2n) is 1.80. The molecule has 4 N–H and O–H groups in total. The standard InChI is InChI=1S/C6H4N4/c7-1-3(2-8)4-5(9)6(4)10/h9-10H2. The Hall–Kier alpha value is -1.94. The lowest BCUT2D eigenvalue weighted by molar-refractivity contribution is 1.43. The molecule has 0 aliphatic heterocycles. The summed E-state index contributed by atoms with van der Waals surface area (Å²) in [7, 11) is 0. The molecule has 4 nitrogen and oxygen atoms in total. The van der Waals surface area contributed by atoms with E-state index in [1.807, 2.05) is 0 Å². The number of rotatable bonds is 0. The number of nitrogens with zero attached hydrogens (tertiary/aromatic N) is 2. The summed E-state index contributed by atoms with van der Waals surface area (Å²) >= 11 is 0. The van der Waals surface area contributed by atoms with Gasteiger partial charge in [-0.3, -0.25) is 0 Å². The van der Waals surface area contributed by atoms with Crippen LogP contribution >= 0.6 is 0 Å². The van der Waals surface area contributed by atoms with Crippen LogP contribution < -0.4 is 11.5 Å². The molecule has 0 aromatic carbocycles. The van der Waals surface area contributed by atoms with Crippen molar-refractivity contribution in [2.75, 3.05) is 0 Å². The largest absolute Gasteiger partial charge is 0.396 e. The van der Waals surface area contributed by atoms with Gasteiger partial charge in [0.15, 0.2) is 0 Å². The lowest BCUT2D eigenvalue weighted by Crippen LogP contribution is -1.84. The fraction of sp³-hybridized carbons (Fsp3) is 0. The molecule has 0 saturated heterocycles. The summed E-state index contributed by atoms with van der Waals surface area (Å²) in [6.07, 6.45) is 0. The molecular formula is C6H4N4. The minimum absolute atomic E-state index is 0.00463. The fourth-order valence-corrected chi connectivity index (χ4v) is 0.623. The van der Waals surface area contributed by atoms with E-state index in [0.717, 1.165) is 0 Å². The van der Waals surface area contributed by atoms with E-state index in [1.165, 1.54) is 0 Å². The topological polar surface area (TPSA) is 99.6 Å². The minimum Gasteiger partial charge on any atom is -0.396 e. The van der Waals surface area contributed by atoms with Gasteiger partial charge < -0.3 is 11.5 Å². The maximum atomic E-state index is 8.30. The van der Waals surface area contributed by atoms with Gasteiger partial charge in [-0.2, -0.15) is 10.5 Å². The van der Waals surface area contributed by atoms with Gasteiger partial charge in [-0.1, -0.05) is 0 Å². The molecule has 0 aromatic heterocycles. The first-order valence-electron chi connectivity index (χ1n) is 2.52. The van der Waals surface area contributed by atoms with Crippen LogP contribution in [-0.2, 0) is 0 Å². The van der Waals surface area contributed by atoms with Gasteiger partial charge in [0.05, 0.1) is 17.0 Å². The molecule has 0 spiro atoms. The van der Waals surface area contributed by atoms with E-state index in [-0.39, 0.29) is 5.57 Å². The molecule has 0 fully saturated rings. The van der Waals surface area contributed by atoms with Crippen LogP contribution in [0, 0.1) is 22.7 Å². The number of hydrogen-bond donors (Lipinski definition) is 2. The van der Waals surface area contributed by atoms with Crippen molar-refractivity contribution < 1.29 is 0 Å². The number of nitriles is 2. The van der Waals surface area contributed by atoms with Crippen molar-refractivity contribution in [1.82, 2.24) is 0 Å². The Kier molecular flexibility index (Phi) is 1.10. The Balaban J connectivity index is 3.00. The van der Waals surface area contributed by atoms with Crippen LogP contribution in [0.5, 0.6) is 0 Å². The first kappa shape index (κ1) is 6.18. The zero-order valence-electron chi connectivity index (χ0n) is 5.05. The molecule has 0 amide bonds. The van der Waals surface area contributed by atoms with E-state index >= 15 is 0 Å². The molecule has 0 aromatic rings. The molecular weight excluding hydrogens is 128 g/mol. The van der Waals surface area contributed by atoms with E-state index in [0.29, 0.717) is 17.0 Å². The number of hydrogen-bond acceptors (Lipinski definition) is 4. The molecule has 1 aliphatic rings. The highest BCUT2D eigenvalue weighted by atomic mass is 14.8. The third-order valence-electron chi connectivity index (χ3n) is 1.24. The van der Waals surface area contributed by atoms with Gasteiger partial charge in [0.1, 0.15) is 17.7 Å². The molecule has 0 heterocycles. The first-order chi connectivity index (χ1) is 4.72. The zero-order chi connectivity index (χ0) is 7.72. The SMILES string of the molecule is N#CC(C#N)=C1C(N)=C1N. The Morgan fingerprint density at radius 3 is 1.60 bits per heavy atom. The zero-order valence-corrected chi connectivity index (χ0v) is 5.05.